The van der Waals surface area contributed by atoms with Gasteiger partial charge in [0.1, 0.15) is 12.7 Å². The Morgan fingerprint density at radius 2 is 1.93 bits per heavy atom. The number of nitrogens with zero attached hydrogens (tertiary/aromatic N) is 6. The van der Waals surface area contributed by atoms with Gasteiger partial charge in [0.2, 0.25) is 0 Å². The summed E-state index contributed by atoms with van der Waals surface area (Å²) in [7, 11) is 2.17. The highest BCUT2D eigenvalue weighted by molar-refractivity contribution is 5.94. The van der Waals surface area contributed by atoms with Crippen molar-refractivity contribution in [1.82, 2.24) is 29.5 Å². The van der Waals surface area contributed by atoms with Crippen LogP contribution >= 0.6 is 0 Å². The predicted octanol–water partition coefficient (Wildman–Crippen LogP) is 2.44. The number of carbonyl (C=O) groups is 1. The molecule has 1 aliphatic rings. The molecule has 0 saturated carbocycles. The van der Waals surface area contributed by atoms with Crippen molar-refractivity contribution in [1.29, 1.82) is 0 Å². The minimum absolute atomic E-state index is 0.102. The van der Waals surface area contributed by atoms with E-state index in [1.165, 1.54) is 6.33 Å². The molecule has 0 bridgehead atoms. The van der Waals surface area contributed by atoms with E-state index in [0.717, 1.165) is 55.8 Å². The molecule has 0 aliphatic carbocycles. The molecular weight excluding hydrogens is 364 g/mol. The van der Waals surface area contributed by atoms with Crippen LogP contribution < -0.4 is 0 Å². The zero-order valence-electron chi connectivity index (χ0n) is 16.7. The summed E-state index contributed by atoms with van der Waals surface area (Å²) in [6.45, 7) is 2.57. The molecule has 0 atom stereocenters. The van der Waals surface area contributed by atoms with Crippen molar-refractivity contribution in [2.45, 2.75) is 25.3 Å². The Hall–Kier alpha value is -3.06. The molecule has 150 valence electrons. The number of hydrogen-bond acceptors (Lipinski definition) is 5. The lowest BCUT2D eigenvalue weighted by Gasteiger charge is -2.36. The lowest BCUT2D eigenvalue weighted by Crippen LogP contribution is -2.46. The number of rotatable bonds is 6. The van der Waals surface area contributed by atoms with Gasteiger partial charge in [-0.1, -0.05) is 6.07 Å². The van der Waals surface area contributed by atoms with Crippen LogP contribution in [-0.2, 0) is 6.42 Å². The SMILES string of the molecule is CN(CCc1ccccn1)C1CCN(C(=O)c2ccc(-n3cncn3)cc2)CC1. The maximum Gasteiger partial charge on any atom is 0.253 e. The number of aromatic nitrogens is 4. The number of carbonyl (C=O) groups excluding carboxylic acids is 1. The normalized spacial score (nSPS) is 15.0. The van der Waals surface area contributed by atoms with Crippen molar-refractivity contribution in [2.24, 2.45) is 0 Å². The number of pyridine rings is 1. The third-order valence-corrected chi connectivity index (χ3v) is 5.62. The molecule has 1 aliphatic heterocycles. The quantitative estimate of drug-likeness (QED) is 0.647. The van der Waals surface area contributed by atoms with Crippen LogP contribution in [0.25, 0.3) is 5.69 Å². The van der Waals surface area contributed by atoms with Crippen LogP contribution in [0.5, 0.6) is 0 Å². The fourth-order valence-corrected chi connectivity index (χ4v) is 3.81. The molecule has 3 heterocycles. The summed E-state index contributed by atoms with van der Waals surface area (Å²) in [5.74, 6) is 0.102. The van der Waals surface area contributed by atoms with E-state index < -0.39 is 0 Å². The monoisotopic (exact) mass is 390 g/mol. The number of benzene rings is 1. The van der Waals surface area contributed by atoms with Crippen LogP contribution in [0.2, 0.25) is 0 Å². The lowest BCUT2D eigenvalue weighted by molar-refractivity contribution is 0.0647. The van der Waals surface area contributed by atoms with Crippen molar-refractivity contribution in [2.75, 3.05) is 26.7 Å². The van der Waals surface area contributed by atoms with Crippen LogP contribution in [0.4, 0.5) is 0 Å². The number of piperidine rings is 1. The first kappa shape index (κ1) is 19.3. The Morgan fingerprint density at radius 1 is 1.14 bits per heavy atom. The van der Waals surface area contributed by atoms with E-state index >= 15 is 0 Å². The van der Waals surface area contributed by atoms with Gasteiger partial charge in [0.25, 0.3) is 5.91 Å². The van der Waals surface area contributed by atoms with Gasteiger partial charge in [-0.05, 0) is 56.3 Å². The average Bonchev–Trinajstić information content (AvgIpc) is 3.33. The topological polar surface area (TPSA) is 67.2 Å². The van der Waals surface area contributed by atoms with Gasteiger partial charge in [-0.15, -0.1) is 0 Å². The van der Waals surface area contributed by atoms with Crippen LogP contribution in [0.15, 0.2) is 61.3 Å². The molecule has 0 spiro atoms. The Bertz CT molecular complexity index is 902. The average molecular weight is 390 g/mol. The third kappa shape index (κ3) is 4.68. The zero-order valence-corrected chi connectivity index (χ0v) is 16.7. The largest absolute Gasteiger partial charge is 0.339 e. The number of hydrogen-bond donors (Lipinski definition) is 0. The summed E-state index contributed by atoms with van der Waals surface area (Å²) < 4.78 is 1.68. The zero-order chi connectivity index (χ0) is 20.1. The molecule has 0 unspecified atom stereocenters. The van der Waals surface area contributed by atoms with Crippen molar-refractivity contribution >= 4 is 5.91 Å². The molecule has 1 fully saturated rings. The Balaban J connectivity index is 1.28. The van der Waals surface area contributed by atoms with Crippen molar-refractivity contribution < 1.29 is 4.79 Å². The van der Waals surface area contributed by atoms with E-state index in [2.05, 4.69) is 33.1 Å². The maximum absolute atomic E-state index is 12.9. The summed E-state index contributed by atoms with van der Waals surface area (Å²) in [6, 6.07) is 14.1. The van der Waals surface area contributed by atoms with Crippen LogP contribution in [-0.4, -0.2) is 68.2 Å². The van der Waals surface area contributed by atoms with Gasteiger partial charge in [-0.2, -0.15) is 5.10 Å². The second kappa shape index (κ2) is 8.96. The number of amides is 1. The summed E-state index contributed by atoms with van der Waals surface area (Å²) in [5, 5.41) is 4.11. The molecular formula is C22H26N6O. The molecule has 3 aromatic rings. The first-order valence-electron chi connectivity index (χ1n) is 10.1. The van der Waals surface area contributed by atoms with E-state index in [-0.39, 0.29) is 5.91 Å². The highest BCUT2D eigenvalue weighted by atomic mass is 16.2. The molecule has 7 nitrogen and oxygen atoms in total. The highest BCUT2D eigenvalue weighted by Gasteiger charge is 2.25. The predicted molar refractivity (Wildman–Crippen MR) is 111 cm³/mol. The second-order valence-corrected chi connectivity index (χ2v) is 7.46. The van der Waals surface area contributed by atoms with Gasteiger partial charge in [0, 0.05) is 49.6 Å². The molecule has 4 rings (SSSR count). The van der Waals surface area contributed by atoms with E-state index in [9.17, 15) is 4.79 Å². The molecule has 1 aromatic carbocycles. The number of likely N-dealkylation sites (N-methyl/N-ethyl adjacent to an activating group) is 1. The first-order chi connectivity index (χ1) is 14.2. The second-order valence-electron chi connectivity index (χ2n) is 7.46. The van der Waals surface area contributed by atoms with Crippen molar-refractivity contribution in [3.05, 3.63) is 72.6 Å². The molecule has 0 N–H and O–H groups in total. The van der Waals surface area contributed by atoms with Crippen LogP contribution in [0, 0.1) is 0 Å². The van der Waals surface area contributed by atoms with Gasteiger partial charge in [-0.25, -0.2) is 9.67 Å². The lowest BCUT2D eigenvalue weighted by atomic mass is 10.0. The Kier molecular flexibility index (Phi) is 5.95. The molecule has 0 radical (unpaired) electrons. The third-order valence-electron chi connectivity index (χ3n) is 5.62. The molecule has 1 saturated heterocycles. The summed E-state index contributed by atoms with van der Waals surface area (Å²) in [5.41, 5.74) is 2.74. The Morgan fingerprint density at radius 3 is 2.59 bits per heavy atom. The minimum atomic E-state index is 0.102. The smallest absolute Gasteiger partial charge is 0.253 e. The van der Waals surface area contributed by atoms with Crippen molar-refractivity contribution in [3.63, 3.8) is 0 Å². The van der Waals surface area contributed by atoms with Gasteiger partial charge in [0.15, 0.2) is 0 Å². The summed E-state index contributed by atoms with van der Waals surface area (Å²) in [4.78, 5) is 25.6. The van der Waals surface area contributed by atoms with Gasteiger partial charge in [0.05, 0.1) is 5.69 Å². The molecule has 7 heteroatoms. The van der Waals surface area contributed by atoms with E-state index in [1.54, 1.807) is 11.0 Å². The standard InChI is InChI=1S/C22H26N6O/c1-26(13-9-19-4-2-3-12-24-19)20-10-14-27(15-11-20)22(29)18-5-7-21(8-6-18)28-17-23-16-25-28/h2-8,12,16-17,20H,9-11,13-15H2,1H3. The van der Waals surface area contributed by atoms with Crippen LogP contribution in [0.3, 0.4) is 0 Å². The van der Waals surface area contributed by atoms with Crippen molar-refractivity contribution in [3.8, 4) is 5.69 Å². The van der Waals surface area contributed by atoms with E-state index in [4.69, 9.17) is 0 Å². The fraction of sp³-hybridized carbons (Fsp3) is 0.364. The maximum atomic E-state index is 12.9. The summed E-state index contributed by atoms with van der Waals surface area (Å²) in [6.07, 6.45) is 7.94. The van der Waals surface area contributed by atoms with E-state index in [1.807, 2.05) is 47.5 Å². The van der Waals surface area contributed by atoms with E-state index in [0.29, 0.717) is 6.04 Å². The van der Waals surface area contributed by atoms with Gasteiger partial charge < -0.3 is 9.80 Å². The molecule has 1 amide bonds. The minimum Gasteiger partial charge on any atom is -0.339 e. The summed E-state index contributed by atoms with van der Waals surface area (Å²) >= 11 is 0. The first-order valence-corrected chi connectivity index (χ1v) is 10.1. The fourth-order valence-electron chi connectivity index (χ4n) is 3.81. The highest BCUT2D eigenvalue weighted by Crippen LogP contribution is 2.18. The van der Waals surface area contributed by atoms with Gasteiger partial charge >= 0.3 is 0 Å². The van der Waals surface area contributed by atoms with Gasteiger partial charge in [-0.3, -0.25) is 9.78 Å². The molecule has 29 heavy (non-hydrogen) atoms. The molecule has 2 aromatic heterocycles. The van der Waals surface area contributed by atoms with Crippen LogP contribution in [0.1, 0.15) is 28.9 Å². The number of likely N-dealkylation sites (tertiary alicyclic amines) is 1. The Labute approximate surface area is 171 Å².